The van der Waals surface area contributed by atoms with Crippen molar-refractivity contribution in [1.29, 1.82) is 0 Å². The highest BCUT2D eigenvalue weighted by Crippen LogP contribution is 2.13. The van der Waals surface area contributed by atoms with E-state index >= 15 is 0 Å². The van der Waals surface area contributed by atoms with Crippen LogP contribution in [0.5, 0.6) is 0 Å². The van der Waals surface area contributed by atoms with Crippen LogP contribution in [0.25, 0.3) is 0 Å². The molecule has 0 unspecified atom stereocenters. The predicted octanol–water partition coefficient (Wildman–Crippen LogP) is 1.52. The van der Waals surface area contributed by atoms with Crippen LogP contribution in [0.4, 0.5) is 10.6 Å². The Labute approximate surface area is 141 Å². The SMILES string of the molecule is Cc1cccc(CNC(=O)N2CCN(c3ccnc(C)n3)CC2)n1. The average Bonchev–Trinajstić information content (AvgIpc) is 2.60. The van der Waals surface area contributed by atoms with Gasteiger partial charge in [-0.3, -0.25) is 4.98 Å². The molecule has 2 aromatic heterocycles. The van der Waals surface area contributed by atoms with E-state index in [1.165, 1.54) is 0 Å². The van der Waals surface area contributed by atoms with Crippen LogP contribution in [0, 0.1) is 13.8 Å². The fourth-order valence-electron chi connectivity index (χ4n) is 2.73. The Morgan fingerprint density at radius 2 is 1.92 bits per heavy atom. The molecule has 0 radical (unpaired) electrons. The number of anilines is 1. The third-order valence-electron chi connectivity index (χ3n) is 4.02. The molecule has 1 aliphatic rings. The first-order valence-corrected chi connectivity index (χ1v) is 8.12. The molecule has 3 heterocycles. The standard InChI is InChI=1S/C17H22N6O/c1-13-4-3-5-15(20-13)12-19-17(24)23-10-8-22(9-11-23)16-6-7-18-14(2)21-16/h3-7H,8-12H2,1-2H3,(H,19,24). The minimum absolute atomic E-state index is 0.0446. The van der Waals surface area contributed by atoms with E-state index in [1.807, 2.05) is 43.0 Å². The second-order valence-corrected chi connectivity index (χ2v) is 5.87. The summed E-state index contributed by atoms with van der Waals surface area (Å²) >= 11 is 0. The zero-order chi connectivity index (χ0) is 16.9. The maximum atomic E-state index is 12.3. The van der Waals surface area contributed by atoms with Crippen molar-refractivity contribution < 1.29 is 4.79 Å². The van der Waals surface area contributed by atoms with Gasteiger partial charge in [-0.15, -0.1) is 0 Å². The van der Waals surface area contributed by atoms with Gasteiger partial charge >= 0.3 is 6.03 Å². The van der Waals surface area contributed by atoms with Crippen LogP contribution in [-0.2, 0) is 6.54 Å². The largest absolute Gasteiger partial charge is 0.353 e. The molecule has 2 amide bonds. The van der Waals surface area contributed by atoms with Gasteiger partial charge in [0.2, 0.25) is 0 Å². The fraction of sp³-hybridized carbons (Fsp3) is 0.412. The molecule has 7 nitrogen and oxygen atoms in total. The molecule has 3 rings (SSSR count). The van der Waals surface area contributed by atoms with Crippen molar-refractivity contribution in [2.75, 3.05) is 31.1 Å². The molecule has 0 aromatic carbocycles. The number of carbonyl (C=O) groups is 1. The smallest absolute Gasteiger partial charge is 0.317 e. The molecule has 0 aliphatic carbocycles. The van der Waals surface area contributed by atoms with Crippen molar-refractivity contribution >= 4 is 11.8 Å². The molecule has 7 heteroatoms. The van der Waals surface area contributed by atoms with Crippen LogP contribution in [0.3, 0.4) is 0 Å². The van der Waals surface area contributed by atoms with Gasteiger partial charge in [-0.05, 0) is 32.0 Å². The van der Waals surface area contributed by atoms with Crippen LogP contribution < -0.4 is 10.2 Å². The van der Waals surface area contributed by atoms with Crippen molar-refractivity contribution in [3.05, 3.63) is 47.7 Å². The van der Waals surface area contributed by atoms with Crippen molar-refractivity contribution in [3.63, 3.8) is 0 Å². The number of urea groups is 1. The van der Waals surface area contributed by atoms with Crippen molar-refractivity contribution in [2.45, 2.75) is 20.4 Å². The molecular weight excluding hydrogens is 304 g/mol. The molecule has 1 N–H and O–H groups in total. The first-order chi connectivity index (χ1) is 11.6. The number of nitrogens with one attached hydrogen (secondary N) is 1. The quantitative estimate of drug-likeness (QED) is 0.926. The van der Waals surface area contributed by atoms with Crippen LogP contribution in [0.1, 0.15) is 17.2 Å². The summed E-state index contributed by atoms with van der Waals surface area (Å²) in [6.45, 7) is 7.17. The van der Waals surface area contributed by atoms with Gasteiger partial charge in [0, 0.05) is 38.1 Å². The lowest BCUT2D eigenvalue weighted by atomic mass is 10.3. The Bertz CT molecular complexity index is 712. The molecule has 0 atom stereocenters. The first kappa shape index (κ1) is 16.2. The minimum Gasteiger partial charge on any atom is -0.353 e. The number of pyridine rings is 1. The van der Waals surface area contributed by atoms with Crippen LogP contribution in [0.15, 0.2) is 30.5 Å². The van der Waals surface area contributed by atoms with Crippen molar-refractivity contribution in [3.8, 4) is 0 Å². The third-order valence-corrected chi connectivity index (χ3v) is 4.02. The third kappa shape index (κ3) is 3.98. The molecular formula is C17H22N6O. The highest BCUT2D eigenvalue weighted by atomic mass is 16.2. The first-order valence-electron chi connectivity index (χ1n) is 8.12. The van der Waals surface area contributed by atoms with E-state index in [-0.39, 0.29) is 6.03 Å². The van der Waals surface area contributed by atoms with Gasteiger partial charge in [0.1, 0.15) is 11.6 Å². The van der Waals surface area contributed by atoms with Crippen molar-refractivity contribution in [1.82, 2.24) is 25.2 Å². The number of aryl methyl sites for hydroxylation is 2. The normalized spacial score (nSPS) is 14.6. The second-order valence-electron chi connectivity index (χ2n) is 5.87. The van der Waals surface area contributed by atoms with Gasteiger partial charge in [-0.1, -0.05) is 6.07 Å². The van der Waals surface area contributed by atoms with Gasteiger partial charge in [0.05, 0.1) is 12.2 Å². The van der Waals surface area contributed by atoms with Crippen molar-refractivity contribution in [2.24, 2.45) is 0 Å². The molecule has 1 saturated heterocycles. The van der Waals surface area contributed by atoms with Crippen LogP contribution in [-0.4, -0.2) is 52.1 Å². The number of amides is 2. The second kappa shape index (κ2) is 7.25. The summed E-state index contributed by atoms with van der Waals surface area (Å²) in [6, 6.07) is 7.68. The van der Waals surface area contributed by atoms with E-state index in [2.05, 4.69) is 25.2 Å². The highest BCUT2D eigenvalue weighted by Gasteiger charge is 2.21. The summed E-state index contributed by atoms with van der Waals surface area (Å²) in [6.07, 6.45) is 1.77. The van der Waals surface area contributed by atoms with Crippen LogP contribution >= 0.6 is 0 Å². The summed E-state index contributed by atoms with van der Waals surface area (Å²) < 4.78 is 0. The van der Waals surface area contributed by atoms with E-state index in [0.29, 0.717) is 19.6 Å². The summed E-state index contributed by atoms with van der Waals surface area (Å²) in [5, 5.41) is 2.94. The topological polar surface area (TPSA) is 74.2 Å². The summed E-state index contributed by atoms with van der Waals surface area (Å²) in [5.41, 5.74) is 1.83. The Hall–Kier alpha value is -2.70. The summed E-state index contributed by atoms with van der Waals surface area (Å²) in [4.78, 5) is 29.3. The Morgan fingerprint density at radius 3 is 2.62 bits per heavy atom. The van der Waals surface area contributed by atoms with Gasteiger partial charge in [0.25, 0.3) is 0 Å². The Kier molecular flexibility index (Phi) is 4.88. The highest BCUT2D eigenvalue weighted by molar-refractivity contribution is 5.74. The molecule has 1 aliphatic heterocycles. The van der Waals surface area contributed by atoms with E-state index < -0.39 is 0 Å². The maximum absolute atomic E-state index is 12.3. The molecule has 0 saturated carbocycles. The van der Waals surface area contributed by atoms with E-state index in [0.717, 1.165) is 36.1 Å². The van der Waals surface area contributed by atoms with Gasteiger partial charge in [-0.25, -0.2) is 14.8 Å². The Morgan fingerprint density at radius 1 is 1.12 bits per heavy atom. The fourth-order valence-corrected chi connectivity index (χ4v) is 2.73. The molecule has 1 fully saturated rings. The number of piperazine rings is 1. The van der Waals surface area contributed by atoms with E-state index in [9.17, 15) is 4.79 Å². The molecule has 24 heavy (non-hydrogen) atoms. The lowest BCUT2D eigenvalue weighted by molar-refractivity contribution is 0.193. The zero-order valence-corrected chi connectivity index (χ0v) is 14.1. The number of hydrogen-bond acceptors (Lipinski definition) is 5. The molecule has 2 aromatic rings. The van der Waals surface area contributed by atoms with Gasteiger partial charge in [0.15, 0.2) is 0 Å². The number of carbonyl (C=O) groups excluding carboxylic acids is 1. The number of nitrogens with zero attached hydrogens (tertiary/aromatic N) is 5. The molecule has 0 bridgehead atoms. The number of rotatable bonds is 3. The van der Waals surface area contributed by atoms with E-state index in [4.69, 9.17) is 0 Å². The average molecular weight is 326 g/mol. The molecule has 0 spiro atoms. The van der Waals surface area contributed by atoms with Crippen LogP contribution in [0.2, 0.25) is 0 Å². The molecule has 126 valence electrons. The maximum Gasteiger partial charge on any atom is 0.317 e. The summed E-state index contributed by atoms with van der Waals surface area (Å²) in [5.74, 6) is 1.69. The van der Waals surface area contributed by atoms with Gasteiger partial charge < -0.3 is 15.1 Å². The Balaban J connectivity index is 1.50. The lowest BCUT2D eigenvalue weighted by Gasteiger charge is -2.35. The predicted molar refractivity (Wildman–Crippen MR) is 91.8 cm³/mol. The van der Waals surface area contributed by atoms with Gasteiger partial charge in [-0.2, -0.15) is 0 Å². The van der Waals surface area contributed by atoms with E-state index in [1.54, 1.807) is 6.20 Å². The number of hydrogen-bond donors (Lipinski definition) is 1. The number of aromatic nitrogens is 3. The zero-order valence-electron chi connectivity index (χ0n) is 14.1. The summed E-state index contributed by atoms with van der Waals surface area (Å²) in [7, 11) is 0. The lowest BCUT2D eigenvalue weighted by Crippen LogP contribution is -2.52. The minimum atomic E-state index is -0.0446. The monoisotopic (exact) mass is 326 g/mol.